The molecule has 0 aliphatic heterocycles. The maximum atomic E-state index is 11.8. The first-order valence-electron chi connectivity index (χ1n) is 5.36. The van der Waals surface area contributed by atoms with Crippen LogP contribution in [0.25, 0.3) is 0 Å². The van der Waals surface area contributed by atoms with Crippen LogP contribution >= 0.6 is 0 Å². The second-order valence-corrected chi connectivity index (χ2v) is 3.58. The van der Waals surface area contributed by atoms with Crippen molar-refractivity contribution in [2.24, 2.45) is 0 Å². The Morgan fingerprint density at radius 2 is 1.88 bits per heavy atom. The van der Waals surface area contributed by atoms with Crippen LogP contribution in [-0.4, -0.2) is 18.9 Å². The summed E-state index contributed by atoms with van der Waals surface area (Å²) in [6.45, 7) is 1.91. The molecule has 3 heteroatoms. The second kappa shape index (κ2) is 6.05. The fourth-order valence-corrected chi connectivity index (χ4v) is 1.61. The van der Waals surface area contributed by atoms with Gasteiger partial charge in [0.05, 0.1) is 7.11 Å². The lowest BCUT2D eigenvalue weighted by molar-refractivity contribution is -0.145. The van der Waals surface area contributed by atoms with Crippen LogP contribution in [0.15, 0.2) is 30.3 Å². The third kappa shape index (κ3) is 2.92. The summed E-state index contributed by atoms with van der Waals surface area (Å²) in [6, 6.07) is 9.02. The smallest absolute Gasteiger partial charge is 0.320 e. The van der Waals surface area contributed by atoms with E-state index in [-0.39, 0.29) is 5.78 Å². The Kier molecular flexibility index (Phi) is 4.70. The summed E-state index contributed by atoms with van der Waals surface area (Å²) in [6.07, 6.45) is 1.13. The number of carbonyl (C=O) groups is 2. The summed E-state index contributed by atoms with van der Waals surface area (Å²) < 4.78 is 4.67. The molecule has 0 aliphatic rings. The van der Waals surface area contributed by atoms with Crippen molar-refractivity contribution in [2.75, 3.05) is 7.11 Å². The summed E-state index contributed by atoms with van der Waals surface area (Å²) in [5.41, 5.74) is 0.702. The predicted molar refractivity (Wildman–Crippen MR) is 61.1 cm³/mol. The Bertz CT molecular complexity index is 357. The fourth-order valence-electron chi connectivity index (χ4n) is 1.61. The molecule has 16 heavy (non-hydrogen) atoms. The molecule has 0 aromatic heterocycles. The summed E-state index contributed by atoms with van der Waals surface area (Å²) in [5.74, 6) is -1.34. The molecule has 3 nitrogen and oxygen atoms in total. The summed E-state index contributed by atoms with van der Waals surface area (Å²) in [5, 5.41) is 0. The largest absolute Gasteiger partial charge is 0.468 e. The van der Waals surface area contributed by atoms with E-state index < -0.39 is 11.9 Å². The average Bonchev–Trinajstić information content (AvgIpc) is 2.31. The van der Waals surface area contributed by atoms with E-state index in [1.165, 1.54) is 7.11 Å². The first-order valence-corrected chi connectivity index (χ1v) is 5.36. The Balaban J connectivity index is 2.97. The first kappa shape index (κ1) is 12.4. The van der Waals surface area contributed by atoms with Crippen LogP contribution in [0.4, 0.5) is 0 Å². The third-order valence-corrected chi connectivity index (χ3v) is 2.39. The number of ether oxygens (including phenoxy) is 1. The lowest BCUT2D eigenvalue weighted by atomic mass is 9.92. The highest BCUT2D eigenvalue weighted by Gasteiger charge is 2.27. The Hall–Kier alpha value is -1.64. The van der Waals surface area contributed by atoms with Crippen molar-refractivity contribution in [1.29, 1.82) is 0 Å². The summed E-state index contributed by atoms with van der Waals surface area (Å²) >= 11 is 0. The summed E-state index contributed by atoms with van der Waals surface area (Å²) in [7, 11) is 1.30. The maximum absolute atomic E-state index is 11.8. The van der Waals surface area contributed by atoms with Crippen molar-refractivity contribution >= 4 is 11.8 Å². The van der Waals surface area contributed by atoms with Crippen LogP contribution in [0.5, 0.6) is 0 Å². The molecule has 1 aromatic rings. The molecule has 1 aromatic carbocycles. The van der Waals surface area contributed by atoms with Gasteiger partial charge in [-0.3, -0.25) is 9.59 Å². The number of Topliss-reactive ketones (excluding diaryl/α,β-unsaturated/α-hetero) is 1. The molecule has 0 saturated heterocycles. The van der Waals surface area contributed by atoms with Crippen molar-refractivity contribution in [3.05, 3.63) is 35.9 Å². The number of hydrogen-bond acceptors (Lipinski definition) is 3. The molecule has 0 radical (unpaired) electrons. The zero-order valence-corrected chi connectivity index (χ0v) is 9.60. The quantitative estimate of drug-likeness (QED) is 0.565. The molecule has 86 valence electrons. The minimum absolute atomic E-state index is 0.0828. The van der Waals surface area contributed by atoms with E-state index in [2.05, 4.69) is 4.74 Å². The van der Waals surface area contributed by atoms with E-state index in [1.54, 1.807) is 12.1 Å². The SMILES string of the molecule is CCCC(=O)C(C(=O)OC)c1ccccc1. The van der Waals surface area contributed by atoms with Gasteiger partial charge >= 0.3 is 5.97 Å². The molecule has 0 N–H and O–H groups in total. The molecule has 0 saturated carbocycles. The van der Waals surface area contributed by atoms with Crippen LogP contribution in [0.3, 0.4) is 0 Å². The molecule has 1 unspecified atom stereocenters. The molecular formula is C13H16O3. The number of methoxy groups -OCH3 is 1. The standard InChI is InChI=1S/C13H16O3/c1-3-7-11(14)12(13(15)16-2)10-8-5-4-6-9-10/h4-6,8-9,12H,3,7H2,1-2H3. The highest BCUT2D eigenvalue weighted by molar-refractivity contribution is 6.04. The Morgan fingerprint density at radius 1 is 1.25 bits per heavy atom. The Morgan fingerprint density at radius 3 is 2.38 bits per heavy atom. The highest BCUT2D eigenvalue weighted by atomic mass is 16.5. The van der Waals surface area contributed by atoms with Gasteiger partial charge < -0.3 is 4.74 Å². The highest BCUT2D eigenvalue weighted by Crippen LogP contribution is 2.20. The number of hydrogen-bond donors (Lipinski definition) is 0. The summed E-state index contributed by atoms with van der Waals surface area (Å²) in [4.78, 5) is 23.4. The first-order chi connectivity index (χ1) is 7.70. The topological polar surface area (TPSA) is 43.4 Å². The van der Waals surface area contributed by atoms with Gasteiger partial charge in [0.15, 0.2) is 5.78 Å². The minimum atomic E-state index is -0.772. The van der Waals surface area contributed by atoms with Crippen LogP contribution in [-0.2, 0) is 14.3 Å². The minimum Gasteiger partial charge on any atom is -0.468 e. The molecular weight excluding hydrogens is 204 g/mol. The van der Waals surface area contributed by atoms with Crippen LogP contribution in [0.1, 0.15) is 31.2 Å². The van der Waals surface area contributed by atoms with Gasteiger partial charge in [-0.15, -0.1) is 0 Å². The molecule has 0 heterocycles. The van der Waals surface area contributed by atoms with Crippen molar-refractivity contribution in [3.63, 3.8) is 0 Å². The van der Waals surface area contributed by atoms with Crippen molar-refractivity contribution in [3.8, 4) is 0 Å². The zero-order valence-electron chi connectivity index (χ0n) is 9.60. The van der Waals surface area contributed by atoms with Gasteiger partial charge in [-0.05, 0) is 12.0 Å². The fraction of sp³-hybridized carbons (Fsp3) is 0.385. The molecule has 0 aliphatic carbocycles. The van der Waals surface area contributed by atoms with E-state index in [1.807, 2.05) is 25.1 Å². The molecule has 1 rings (SSSR count). The molecule has 0 fully saturated rings. The molecule has 1 atom stereocenters. The molecule has 0 spiro atoms. The zero-order chi connectivity index (χ0) is 12.0. The van der Waals surface area contributed by atoms with Crippen LogP contribution < -0.4 is 0 Å². The number of benzene rings is 1. The third-order valence-electron chi connectivity index (χ3n) is 2.39. The maximum Gasteiger partial charge on any atom is 0.320 e. The van der Waals surface area contributed by atoms with E-state index in [0.717, 1.165) is 6.42 Å². The number of esters is 1. The van der Waals surface area contributed by atoms with Crippen LogP contribution in [0.2, 0.25) is 0 Å². The van der Waals surface area contributed by atoms with Crippen molar-refractivity contribution in [1.82, 2.24) is 0 Å². The van der Waals surface area contributed by atoms with Gasteiger partial charge in [0, 0.05) is 6.42 Å². The van der Waals surface area contributed by atoms with Gasteiger partial charge in [0.1, 0.15) is 5.92 Å². The van der Waals surface area contributed by atoms with Gasteiger partial charge in [-0.25, -0.2) is 0 Å². The van der Waals surface area contributed by atoms with Gasteiger partial charge in [-0.1, -0.05) is 37.3 Å². The van der Waals surface area contributed by atoms with Gasteiger partial charge in [-0.2, -0.15) is 0 Å². The van der Waals surface area contributed by atoms with Crippen molar-refractivity contribution in [2.45, 2.75) is 25.7 Å². The van der Waals surface area contributed by atoms with Crippen LogP contribution in [0, 0.1) is 0 Å². The van der Waals surface area contributed by atoms with Crippen molar-refractivity contribution < 1.29 is 14.3 Å². The normalized spacial score (nSPS) is 11.9. The second-order valence-electron chi connectivity index (χ2n) is 3.58. The molecule has 0 amide bonds. The van der Waals surface area contributed by atoms with E-state index in [4.69, 9.17) is 0 Å². The van der Waals surface area contributed by atoms with E-state index >= 15 is 0 Å². The monoisotopic (exact) mass is 220 g/mol. The molecule has 0 bridgehead atoms. The predicted octanol–water partition coefficient (Wildman–Crippen LogP) is 2.31. The lowest BCUT2D eigenvalue weighted by Crippen LogP contribution is -2.23. The van der Waals surface area contributed by atoms with E-state index in [0.29, 0.717) is 12.0 Å². The van der Waals surface area contributed by atoms with Gasteiger partial charge in [0.25, 0.3) is 0 Å². The van der Waals surface area contributed by atoms with Gasteiger partial charge in [0.2, 0.25) is 0 Å². The Labute approximate surface area is 95.4 Å². The average molecular weight is 220 g/mol. The van der Waals surface area contributed by atoms with E-state index in [9.17, 15) is 9.59 Å². The lowest BCUT2D eigenvalue weighted by Gasteiger charge is -2.13. The number of rotatable bonds is 5. The number of carbonyl (C=O) groups excluding carboxylic acids is 2. The number of ketones is 1.